The number of nitrogens with one attached hydrogen (secondary N) is 1. The summed E-state index contributed by atoms with van der Waals surface area (Å²) >= 11 is 0. The number of hydrogen-bond acceptors (Lipinski definition) is 3. The third-order valence-electron chi connectivity index (χ3n) is 4.30. The second-order valence-electron chi connectivity index (χ2n) is 6.23. The van der Waals surface area contributed by atoms with Gasteiger partial charge >= 0.3 is 0 Å². The van der Waals surface area contributed by atoms with Gasteiger partial charge < -0.3 is 10.1 Å². The fourth-order valence-corrected chi connectivity index (χ4v) is 3.22. The molecule has 0 radical (unpaired) electrons. The van der Waals surface area contributed by atoms with Gasteiger partial charge in [0, 0.05) is 18.3 Å². The first-order valence-corrected chi connectivity index (χ1v) is 8.34. The molecule has 0 bridgehead atoms. The molecule has 0 saturated carbocycles. The first-order valence-electron chi connectivity index (χ1n) is 8.34. The van der Waals surface area contributed by atoms with Gasteiger partial charge in [-0.25, -0.2) is 0 Å². The Balaban J connectivity index is 1.97. The van der Waals surface area contributed by atoms with E-state index >= 15 is 0 Å². The molecular weight excluding hydrogens is 260 g/mol. The van der Waals surface area contributed by atoms with Crippen molar-refractivity contribution in [2.45, 2.75) is 65.3 Å². The molecule has 3 heteroatoms. The molecule has 1 fully saturated rings. The van der Waals surface area contributed by atoms with E-state index in [9.17, 15) is 0 Å². The average Bonchev–Trinajstić information content (AvgIpc) is 2.44. The molecule has 2 rings (SSSR count). The highest BCUT2D eigenvalue weighted by molar-refractivity contribution is 5.46. The molecule has 0 spiro atoms. The van der Waals surface area contributed by atoms with E-state index in [1.54, 1.807) is 0 Å². The lowest BCUT2D eigenvalue weighted by molar-refractivity contribution is -0.0337. The van der Waals surface area contributed by atoms with E-state index in [2.05, 4.69) is 62.2 Å². The number of ether oxygens (including phenoxy) is 1. The highest BCUT2D eigenvalue weighted by atomic mass is 16.5. The molecule has 0 aliphatic carbocycles. The van der Waals surface area contributed by atoms with Crippen LogP contribution in [0.5, 0.6) is 0 Å². The van der Waals surface area contributed by atoms with Crippen LogP contribution < -0.4 is 5.32 Å². The van der Waals surface area contributed by atoms with E-state index in [1.807, 2.05) is 0 Å². The van der Waals surface area contributed by atoms with Crippen molar-refractivity contribution in [2.24, 2.45) is 0 Å². The zero-order valence-corrected chi connectivity index (χ0v) is 13.9. The van der Waals surface area contributed by atoms with Crippen molar-refractivity contribution in [3.63, 3.8) is 0 Å². The average molecular weight is 290 g/mol. The third-order valence-corrected chi connectivity index (χ3v) is 4.30. The maximum absolute atomic E-state index is 5.81. The van der Waals surface area contributed by atoms with Crippen LogP contribution in [0.25, 0.3) is 0 Å². The summed E-state index contributed by atoms with van der Waals surface area (Å²) in [5, 5.41) is 3.69. The lowest BCUT2D eigenvalue weighted by Gasteiger charge is -2.33. The molecule has 118 valence electrons. The second-order valence-corrected chi connectivity index (χ2v) is 6.23. The maximum atomic E-state index is 5.81. The van der Waals surface area contributed by atoms with E-state index in [0.717, 1.165) is 32.5 Å². The van der Waals surface area contributed by atoms with Crippen LogP contribution >= 0.6 is 0 Å². The Hall–Kier alpha value is -1.06. The van der Waals surface area contributed by atoms with Crippen LogP contribution in [0.4, 0.5) is 5.69 Å². The maximum Gasteiger partial charge on any atom is 0.0570 e. The predicted octanol–water partition coefficient (Wildman–Crippen LogP) is 3.90. The van der Waals surface area contributed by atoms with Gasteiger partial charge in [0.15, 0.2) is 0 Å². The van der Waals surface area contributed by atoms with E-state index in [4.69, 9.17) is 4.74 Å². The van der Waals surface area contributed by atoms with Gasteiger partial charge in [-0.05, 0) is 57.5 Å². The van der Waals surface area contributed by atoms with Gasteiger partial charge in [-0.2, -0.15) is 0 Å². The van der Waals surface area contributed by atoms with E-state index in [1.165, 1.54) is 11.3 Å². The number of anilines is 1. The molecule has 21 heavy (non-hydrogen) atoms. The molecule has 1 aromatic rings. The van der Waals surface area contributed by atoms with Crippen LogP contribution in [0, 0.1) is 0 Å². The summed E-state index contributed by atoms with van der Waals surface area (Å²) in [7, 11) is 0. The van der Waals surface area contributed by atoms with Crippen LogP contribution in [0.3, 0.4) is 0 Å². The second kappa shape index (κ2) is 7.81. The van der Waals surface area contributed by atoms with Crippen molar-refractivity contribution in [1.29, 1.82) is 0 Å². The Labute approximate surface area is 129 Å². The zero-order chi connectivity index (χ0) is 15.2. The van der Waals surface area contributed by atoms with Crippen LogP contribution in [0.2, 0.25) is 0 Å². The van der Waals surface area contributed by atoms with Gasteiger partial charge in [0.2, 0.25) is 0 Å². The number of nitrogens with zero attached hydrogens (tertiary/aromatic N) is 1. The van der Waals surface area contributed by atoms with Gasteiger partial charge in [0.05, 0.1) is 12.2 Å². The fourth-order valence-electron chi connectivity index (χ4n) is 3.22. The van der Waals surface area contributed by atoms with Crippen LogP contribution in [0.15, 0.2) is 24.3 Å². The Morgan fingerprint density at radius 2 is 1.81 bits per heavy atom. The van der Waals surface area contributed by atoms with E-state index in [-0.39, 0.29) is 0 Å². The molecule has 1 saturated heterocycles. The monoisotopic (exact) mass is 290 g/mol. The molecular formula is C18H30N2O. The van der Waals surface area contributed by atoms with Crippen molar-refractivity contribution in [1.82, 2.24) is 4.90 Å². The molecule has 1 heterocycles. The summed E-state index contributed by atoms with van der Waals surface area (Å²) in [6.45, 7) is 12.0. The lowest BCUT2D eigenvalue weighted by Crippen LogP contribution is -2.36. The highest BCUT2D eigenvalue weighted by Gasteiger charge is 2.24. The molecule has 0 aromatic heterocycles. The number of benzene rings is 1. The molecule has 1 N–H and O–H groups in total. The molecule has 0 amide bonds. The summed E-state index contributed by atoms with van der Waals surface area (Å²) in [4.78, 5) is 2.44. The molecule has 2 atom stereocenters. The first-order chi connectivity index (χ1) is 10.1. The fraction of sp³-hybridized carbons (Fsp3) is 0.667. The minimum Gasteiger partial charge on any atom is -0.382 e. The summed E-state index contributed by atoms with van der Waals surface area (Å²) in [5.74, 6) is 0. The van der Waals surface area contributed by atoms with Crippen LogP contribution in [0.1, 0.15) is 46.1 Å². The Bertz CT molecular complexity index is 421. The van der Waals surface area contributed by atoms with Gasteiger partial charge in [0.25, 0.3) is 0 Å². The molecule has 1 aliphatic rings. The predicted molar refractivity (Wildman–Crippen MR) is 89.7 cm³/mol. The van der Waals surface area contributed by atoms with Crippen molar-refractivity contribution in [2.75, 3.05) is 18.4 Å². The van der Waals surface area contributed by atoms with Crippen molar-refractivity contribution < 1.29 is 4.74 Å². The van der Waals surface area contributed by atoms with E-state index < -0.39 is 0 Å². The van der Waals surface area contributed by atoms with Gasteiger partial charge in [-0.15, -0.1) is 0 Å². The Morgan fingerprint density at radius 3 is 2.43 bits per heavy atom. The van der Waals surface area contributed by atoms with Crippen molar-refractivity contribution >= 4 is 5.69 Å². The Morgan fingerprint density at radius 1 is 1.14 bits per heavy atom. The largest absolute Gasteiger partial charge is 0.382 e. The standard InChI is InChI=1S/C18H30N2O/c1-5-20(6-2)13-16-8-7-9-17(12-16)19-18-10-14(3)21-15(4)11-18/h7-9,12,14-15,18-19H,5-6,10-11,13H2,1-4H3. The first kappa shape index (κ1) is 16.3. The summed E-state index contributed by atoms with van der Waals surface area (Å²) < 4.78 is 5.81. The minimum atomic E-state index is 0.352. The zero-order valence-electron chi connectivity index (χ0n) is 13.9. The third kappa shape index (κ3) is 5.01. The van der Waals surface area contributed by atoms with Crippen molar-refractivity contribution in [3.8, 4) is 0 Å². The summed E-state index contributed by atoms with van der Waals surface area (Å²) in [5.41, 5.74) is 2.63. The van der Waals surface area contributed by atoms with Gasteiger partial charge in [0.1, 0.15) is 0 Å². The topological polar surface area (TPSA) is 24.5 Å². The minimum absolute atomic E-state index is 0.352. The van der Waals surface area contributed by atoms with Crippen LogP contribution in [-0.2, 0) is 11.3 Å². The number of hydrogen-bond donors (Lipinski definition) is 1. The normalized spacial score (nSPS) is 26.0. The summed E-state index contributed by atoms with van der Waals surface area (Å²) in [6, 6.07) is 9.37. The van der Waals surface area contributed by atoms with Crippen molar-refractivity contribution in [3.05, 3.63) is 29.8 Å². The van der Waals surface area contributed by atoms with Gasteiger partial charge in [-0.3, -0.25) is 4.90 Å². The van der Waals surface area contributed by atoms with Crippen LogP contribution in [-0.4, -0.2) is 36.2 Å². The molecule has 1 aliphatic heterocycles. The lowest BCUT2D eigenvalue weighted by atomic mass is 9.99. The Kier molecular flexibility index (Phi) is 6.07. The highest BCUT2D eigenvalue weighted by Crippen LogP contribution is 2.23. The molecule has 1 aromatic carbocycles. The molecule has 2 unspecified atom stereocenters. The smallest absolute Gasteiger partial charge is 0.0570 e. The SMILES string of the molecule is CCN(CC)Cc1cccc(NC2CC(C)OC(C)C2)c1. The quantitative estimate of drug-likeness (QED) is 0.860. The summed E-state index contributed by atoms with van der Waals surface area (Å²) in [6.07, 6.45) is 2.88. The molecule has 3 nitrogen and oxygen atoms in total. The number of rotatable bonds is 6. The van der Waals surface area contributed by atoms with E-state index in [0.29, 0.717) is 18.2 Å². The van der Waals surface area contributed by atoms with Gasteiger partial charge in [-0.1, -0.05) is 26.0 Å².